The normalized spacial score (nSPS) is 20.8. The standard InChI is InChI=1S/C36H52N4O4/c1-5-18-39-26-29(4)40(27-28(39)3)35(31-14-12-16-33(41)25-31)30-13-11-15-32(24-30)36(43)38-22-20-37(21-23-38)19-10-8-7-9-17-34(42)44-6-2/h5,11-16,24-25,28-29,35,41H,1,6-10,17-23,26-27H2,2-4H3/t28-,29+,35-/m1/s1. The number of carbonyl (C=O) groups is 2. The van der Waals surface area contributed by atoms with Gasteiger partial charge >= 0.3 is 5.97 Å². The zero-order valence-electron chi connectivity index (χ0n) is 27.0. The van der Waals surface area contributed by atoms with E-state index < -0.39 is 0 Å². The van der Waals surface area contributed by atoms with Crippen molar-refractivity contribution in [3.63, 3.8) is 0 Å². The van der Waals surface area contributed by atoms with Gasteiger partial charge in [-0.3, -0.25) is 24.3 Å². The topological polar surface area (TPSA) is 76.6 Å². The highest BCUT2D eigenvalue weighted by atomic mass is 16.5. The number of aromatic hydroxyl groups is 1. The molecular weight excluding hydrogens is 552 g/mol. The van der Waals surface area contributed by atoms with E-state index in [9.17, 15) is 14.7 Å². The largest absolute Gasteiger partial charge is 0.508 e. The third-order valence-electron chi connectivity index (χ3n) is 9.06. The van der Waals surface area contributed by atoms with Gasteiger partial charge in [0.15, 0.2) is 0 Å². The second kappa shape index (κ2) is 16.8. The molecule has 2 aliphatic heterocycles. The van der Waals surface area contributed by atoms with Crippen molar-refractivity contribution in [2.24, 2.45) is 0 Å². The summed E-state index contributed by atoms with van der Waals surface area (Å²) >= 11 is 0. The van der Waals surface area contributed by atoms with Gasteiger partial charge in [-0.2, -0.15) is 0 Å². The van der Waals surface area contributed by atoms with Gasteiger partial charge in [0.2, 0.25) is 0 Å². The van der Waals surface area contributed by atoms with Gasteiger partial charge in [-0.25, -0.2) is 0 Å². The molecule has 0 spiro atoms. The molecule has 44 heavy (non-hydrogen) atoms. The second-order valence-corrected chi connectivity index (χ2v) is 12.4. The Morgan fingerprint density at radius 3 is 2.36 bits per heavy atom. The van der Waals surface area contributed by atoms with Crippen LogP contribution in [0.3, 0.4) is 0 Å². The second-order valence-electron chi connectivity index (χ2n) is 12.4. The van der Waals surface area contributed by atoms with Crippen LogP contribution in [0.25, 0.3) is 0 Å². The third-order valence-corrected chi connectivity index (χ3v) is 9.06. The first-order valence-corrected chi connectivity index (χ1v) is 16.5. The molecule has 0 bridgehead atoms. The van der Waals surface area contributed by atoms with E-state index in [1.165, 1.54) is 0 Å². The van der Waals surface area contributed by atoms with Crippen molar-refractivity contribution in [3.8, 4) is 5.75 Å². The Kier molecular flexibility index (Phi) is 12.8. The highest BCUT2D eigenvalue weighted by Crippen LogP contribution is 2.35. The van der Waals surface area contributed by atoms with Gasteiger partial charge in [-0.05, 0) is 75.5 Å². The summed E-state index contributed by atoms with van der Waals surface area (Å²) in [6, 6.07) is 16.2. The number of phenols is 1. The predicted octanol–water partition coefficient (Wildman–Crippen LogP) is 5.33. The summed E-state index contributed by atoms with van der Waals surface area (Å²) in [5.41, 5.74) is 2.81. The lowest BCUT2D eigenvalue weighted by atomic mass is 9.92. The third kappa shape index (κ3) is 9.16. The molecule has 8 heteroatoms. The van der Waals surface area contributed by atoms with Crippen molar-refractivity contribution in [1.29, 1.82) is 0 Å². The Hall–Kier alpha value is -3.20. The van der Waals surface area contributed by atoms with Gasteiger partial charge in [0.1, 0.15) is 5.75 Å². The van der Waals surface area contributed by atoms with Crippen molar-refractivity contribution in [3.05, 3.63) is 77.9 Å². The van der Waals surface area contributed by atoms with Crippen molar-refractivity contribution >= 4 is 11.9 Å². The van der Waals surface area contributed by atoms with E-state index in [1.54, 1.807) is 6.07 Å². The average molecular weight is 605 g/mol. The van der Waals surface area contributed by atoms with E-state index in [0.29, 0.717) is 24.6 Å². The SMILES string of the molecule is C=CCN1C[C@H](C)N([C@@H](c2cccc(O)c2)c2cccc(C(=O)N3CCN(CCCCCCC(=O)OCC)CC3)c2)C[C@H]1C. The lowest BCUT2D eigenvalue weighted by Crippen LogP contribution is -2.57. The average Bonchev–Trinajstić information content (AvgIpc) is 3.02. The molecular formula is C36H52N4O4. The maximum atomic E-state index is 13.7. The first kappa shape index (κ1) is 33.7. The van der Waals surface area contributed by atoms with Crippen LogP contribution < -0.4 is 0 Å². The molecule has 0 unspecified atom stereocenters. The number of carbonyl (C=O) groups excluding carboxylic acids is 2. The number of esters is 1. The molecule has 1 N–H and O–H groups in total. The van der Waals surface area contributed by atoms with Crippen molar-refractivity contribution in [1.82, 2.24) is 19.6 Å². The van der Waals surface area contributed by atoms with Crippen LogP contribution in [0.5, 0.6) is 5.75 Å². The van der Waals surface area contributed by atoms with Crippen LogP contribution >= 0.6 is 0 Å². The van der Waals surface area contributed by atoms with Crippen LogP contribution in [0.4, 0.5) is 0 Å². The molecule has 3 atom stereocenters. The summed E-state index contributed by atoms with van der Waals surface area (Å²) in [7, 11) is 0. The molecule has 0 saturated carbocycles. The van der Waals surface area contributed by atoms with Gasteiger partial charge in [0.25, 0.3) is 5.91 Å². The van der Waals surface area contributed by atoms with E-state index in [0.717, 1.165) is 89.2 Å². The minimum absolute atomic E-state index is 0.0766. The molecule has 8 nitrogen and oxygen atoms in total. The van der Waals surface area contributed by atoms with Gasteiger partial charge < -0.3 is 14.7 Å². The van der Waals surface area contributed by atoms with Gasteiger partial charge in [-0.15, -0.1) is 6.58 Å². The van der Waals surface area contributed by atoms with Crippen molar-refractivity contribution in [2.45, 2.75) is 71.0 Å². The van der Waals surface area contributed by atoms with Crippen LogP contribution in [0.2, 0.25) is 0 Å². The van der Waals surface area contributed by atoms with E-state index in [1.807, 2.05) is 42.2 Å². The molecule has 4 rings (SSSR count). The van der Waals surface area contributed by atoms with Crippen LogP contribution in [0.1, 0.15) is 80.4 Å². The van der Waals surface area contributed by atoms with Crippen LogP contribution in [0, 0.1) is 0 Å². The maximum absolute atomic E-state index is 13.7. The first-order chi connectivity index (χ1) is 21.3. The van der Waals surface area contributed by atoms with Crippen molar-refractivity contribution in [2.75, 3.05) is 59.0 Å². The van der Waals surface area contributed by atoms with Gasteiger partial charge in [-0.1, -0.05) is 43.2 Å². The fraction of sp³-hybridized carbons (Fsp3) is 0.556. The Morgan fingerprint density at radius 1 is 0.955 bits per heavy atom. The zero-order chi connectivity index (χ0) is 31.5. The summed E-state index contributed by atoms with van der Waals surface area (Å²) in [6.07, 6.45) is 6.61. The number of amides is 1. The molecule has 2 aliphatic rings. The molecule has 2 saturated heterocycles. The number of benzene rings is 2. The van der Waals surface area contributed by atoms with Gasteiger partial charge in [0, 0.05) is 69.9 Å². The number of piperazine rings is 2. The van der Waals surface area contributed by atoms with E-state index >= 15 is 0 Å². The first-order valence-electron chi connectivity index (χ1n) is 16.5. The number of phenolic OH excluding ortho intramolecular Hbond substituents is 1. The number of rotatable bonds is 14. The van der Waals surface area contributed by atoms with Crippen LogP contribution in [-0.4, -0.2) is 108 Å². The zero-order valence-corrected chi connectivity index (χ0v) is 27.0. The summed E-state index contributed by atoms with van der Waals surface area (Å²) in [4.78, 5) is 34.6. The molecule has 2 aromatic rings. The van der Waals surface area contributed by atoms with Crippen LogP contribution in [0.15, 0.2) is 61.2 Å². The Morgan fingerprint density at radius 2 is 1.66 bits per heavy atom. The summed E-state index contributed by atoms with van der Waals surface area (Å²) in [6.45, 7) is 17.7. The monoisotopic (exact) mass is 604 g/mol. The summed E-state index contributed by atoms with van der Waals surface area (Å²) < 4.78 is 5.00. The van der Waals surface area contributed by atoms with E-state index in [2.05, 4.69) is 53.3 Å². The lowest BCUT2D eigenvalue weighted by Gasteiger charge is -2.47. The fourth-order valence-electron chi connectivity index (χ4n) is 6.67. The predicted molar refractivity (Wildman–Crippen MR) is 176 cm³/mol. The maximum Gasteiger partial charge on any atom is 0.305 e. The van der Waals surface area contributed by atoms with E-state index in [4.69, 9.17) is 4.74 Å². The Balaban J connectivity index is 1.38. The van der Waals surface area contributed by atoms with Crippen LogP contribution in [-0.2, 0) is 9.53 Å². The molecule has 2 heterocycles. The number of unbranched alkanes of at least 4 members (excludes halogenated alkanes) is 3. The number of hydrogen-bond acceptors (Lipinski definition) is 7. The van der Waals surface area contributed by atoms with E-state index in [-0.39, 0.29) is 29.7 Å². The minimum Gasteiger partial charge on any atom is -0.508 e. The van der Waals surface area contributed by atoms with Gasteiger partial charge in [0.05, 0.1) is 12.6 Å². The smallest absolute Gasteiger partial charge is 0.305 e. The number of hydrogen-bond donors (Lipinski definition) is 1. The Labute approximate surface area is 264 Å². The number of nitrogens with zero attached hydrogens (tertiary/aromatic N) is 4. The molecule has 0 aliphatic carbocycles. The molecule has 2 aromatic carbocycles. The van der Waals surface area contributed by atoms with Crippen molar-refractivity contribution < 1.29 is 19.4 Å². The fourth-order valence-corrected chi connectivity index (χ4v) is 6.67. The molecule has 0 radical (unpaired) electrons. The molecule has 240 valence electrons. The molecule has 1 amide bonds. The quantitative estimate of drug-likeness (QED) is 0.177. The molecule has 2 fully saturated rings. The molecule has 0 aromatic heterocycles. The summed E-state index contributed by atoms with van der Waals surface area (Å²) in [5, 5.41) is 10.4. The Bertz CT molecular complexity index is 1230. The highest BCUT2D eigenvalue weighted by molar-refractivity contribution is 5.94. The summed E-state index contributed by atoms with van der Waals surface area (Å²) in [5.74, 6) is 0.234. The minimum atomic E-state index is -0.0973. The highest BCUT2D eigenvalue weighted by Gasteiger charge is 2.35. The number of ether oxygens (including phenoxy) is 1. The lowest BCUT2D eigenvalue weighted by molar-refractivity contribution is -0.143.